The zero-order valence-corrected chi connectivity index (χ0v) is 23.7. The van der Waals surface area contributed by atoms with Gasteiger partial charge in [0.2, 0.25) is 0 Å². The molecule has 4 aromatic carbocycles. The third-order valence-corrected chi connectivity index (χ3v) is 7.16. The zero-order chi connectivity index (χ0) is 29.8. The molecule has 0 saturated carbocycles. The Morgan fingerprint density at radius 2 is 1.53 bits per heavy atom. The summed E-state index contributed by atoms with van der Waals surface area (Å²) >= 11 is 0. The highest BCUT2D eigenvalue weighted by molar-refractivity contribution is 5.88. The van der Waals surface area contributed by atoms with Crippen LogP contribution in [0, 0.1) is 5.82 Å². The van der Waals surface area contributed by atoms with E-state index < -0.39 is 5.82 Å². The molecule has 0 spiro atoms. The van der Waals surface area contributed by atoms with E-state index in [-0.39, 0.29) is 11.3 Å². The number of hydrogen-bond acceptors (Lipinski definition) is 6. The second-order valence-corrected chi connectivity index (χ2v) is 9.97. The van der Waals surface area contributed by atoms with Gasteiger partial charge in [-0.25, -0.2) is 9.37 Å². The third kappa shape index (κ3) is 5.94. The Hall–Kier alpha value is -5.50. The van der Waals surface area contributed by atoms with Crippen molar-refractivity contribution in [3.8, 4) is 34.1 Å². The molecule has 0 saturated heterocycles. The van der Waals surface area contributed by atoms with E-state index >= 15 is 4.39 Å². The van der Waals surface area contributed by atoms with Gasteiger partial charge in [-0.05, 0) is 41.0 Å². The summed E-state index contributed by atoms with van der Waals surface area (Å²) in [5, 5.41) is 0.627. The van der Waals surface area contributed by atoms with Crippen molar-refractivity contribution in [1.82, 2.24) is 14.5 Å². The van der Waals surface area contributed by atoms with Gasteiger partial charge >= 0.3 is 0 Å². The highest BCUT2D eigenvalue weighted by Crippen LogP contribution is 2.38. The first kappa shape index (κ1) is 27.7. The van der Waals surface area contributed by atoms with E-state index in [9.17, 15) is 4.79 Å². The van der Waals surface area contributed by atoms with Gasteiger partial charge in [0.25, 0.3) is 5.56 Å². The SMILES string of the molecule is COc1cc2c(Oc3ccc(-c4cnc(Cc5ccccc5)n(C)c4=O)cc3F)ccnc2cc1OCc1ccccc1. The molecule has 2 aromatic heterocycles. The van der Waals surface area contributed by atoms with Gasteiger partial charge < -0.3 is 14.2 Å². The molecule has 0 bridgehead atoms. The maximum absolute atomic E-state index is 15.4. The molecule has 0 aliphatic rings. The lowest BCUT2D eigenvalue weighted by molar-refractivity contribution is 0.285. The Labute approximate surface area is 247 Å². The standard InChI is InChI=1S/C35H28FN3O4/c1-39-34(17-23-9-5-3-6-10-23)38-21-27(35(39)40)25-13-14-31(28(36)18-25)43-30-15-16-37-29-20-33(32(41-2)19-26(29)30)42-22-24-11-7-4-8-12-24/h3-16,18-21H,17,22H2,1-2H3. The average molecular weight is 574 g/mol. The maximum atomic E-state index is 15.4. The molecule has 0 amide bonds. The molecule has 0 atom stereocenters. The highest BCUT2D eigenvalue weighted by atomic mass is 19.1. The zero-order valence-electron chi connectivity index (χ0n) is 23.7. The van der Waals surface area contributed by atoms with Crippen molar-refractivity contribution in [3.63, 3.8) is 0 Å². The van der Waals surface area contributed by atoms with E-state index in [2.05, 4.69) is 9.97 Å². The molecular weight excluding hydrogens is 545 g/mol. The van der Waals surface area contributed by atoms with E-state index in [0.29, 0.717) is 58.1 Å². The van der Waals surface area contributed by atoms with E-state index in [1.807, 2.05) is 60.7 Å². The predicted octanol–water partition coefficient (Wildman–Crippen LogP) is 7.11. The minimum Gasteiger partial charge on any atom is -0.493 e. The number of methoxy groups -OCH3 is 1. The molecule has 7 nitrogen and oxygen atoms in total. The van der Waals surface area contributed by atoms with Gasteiger partial charge in [-0.15, -0.1) is 0 Å². The van der Waals surface area contributed by atoms with Crippen LogP contribution in [0.15, 0.2) is 114 Å². The lowest BCUT2D eigenvalue weighted by atomic mass is 10.1. The van der Waals surface area contributed by atoms with Crippen LogP contribution >= 0.6 is 0 Å². The van der Waals surface area contributed by atoms with Gasteiger partial charge in [0, 0.05) is 37.3 Å². The molecular formula is C35H28FN3O4. The number of nitrogens with zero attached hydrogens (tertiary/aromatic N) is 3. The van der Waals surface area contributed by atoms with Crippen LogP contribution in [-0.2, 0) is 20.1 Å². The smallest absolute Gasteiger partial charge is 0.261 e. The summed E-state index contributed by atoms with van der Waals surface area (Å²) in [7, 11) is 3.23. The summed E-state index contributed by atoms with van der Waals surface area (Å²) in [6.07, 6.45) is 3.60. The normalized spacial score (nSPS) is 11.0. The van der Waals surface area contributed by atoms with E-state index in [0.717, 1.165) is 11.1 Å². The number of pyridine rings is 1. The molecule has 0 aliphatic heterocycles. The number of rotatable bonds is 9. The lowest BCUT2D eigenvalue weighted by Gasteiger charge is -2.14. The van der Waals surface area contributed by atoms with E-state index in [1.54, 1.807) is 44.6 Å². The Morgan fingerprint density at radius 1 is 0.791 bits per heavy atom. The molecule has 6 rings (SSSR count). The monoisotopic (exact) mass is 573 g/mol. The highest BCUT2D eigenvalue weighted by Gasteiger charge is 2.16. The molecule has 0 fully saturated rings. The van der Waals surface area contributed by atoms with Crippen LogP contribution in [0.2, 0.25) is 0 Å². The summed E-state index contributed by atoms with van der Waals surface area (Å²) in [5.74, 6) is 1.43. The first-order valence-corrected chi connectivity index (χ1v) is 13.7. The van der Waals surface area contributed by atoms with E-state index in [4.69, 9.17) is 14.2 Å². The van der Waals surface area contributed by atoms with Crippen LogP contribution in [0.4, 0.5) is 4.39 Å². The number of fused-ring (bicyclic) bond motifs is 1. The van der Waals surface area contributed by atoms with Crippen LogP contribution in [-0.4, -0.2) is 21.6 Å². The quantitative estimate of drug-likeness (QED) is 0.184. The van der Waals surface area contributed by atoms with Crippen molar-refractivity contribution < 1.29 is 18.6 Å². The summed E-state index contributed by atoms with van der Waals surface area (Å²) < 4.78 is 34.5. The van der Waals surface area contributed by atoms with Crippen LogP contribution in [0.5, 0.6) is 23.0 Å². The van der Waals surface area contributed by atoms with Crippen LogP contribution < -0.4 is 19.8 Å². The second-order valence-electron chi connectivity index (χ2n) is 9.97. The number of hydrogen-bond donors (Lipinski definition) is 0. The summed E-state index contributed by atoms with van der Waals surface area (Å²) in [6, 6.07) is 29.2. The maximum Gasteiger partial charge on any atom is 0.261 e. The predicted molar refractivity (Wildman–Crippen MR) is 163 cm³/mol. The summed E-state index contributed by atoms with van der Waals surface area (Å²) in [6.45, 7) is 0.366. The van der Waals surface area contributed by atoms with Crippen LogP contribution in [0.1, 0.15) is 17.0 Å². The van der Waals surface area contributed by atoms with Gasteiger partial charge in [0.1, 0.15) is 18.2 Å². The molecule has 43 heavy (non-hydrogen) atoms. The Balaban J connectivity index is 1.25. The second kappa shape index (κ2) is 12.2. The van der Waals surface area contributed by atoms with E-state index in [1.165, 1.54) is 22.9 Å². The van der Waals surface area contributed by atoms with Crippen molar-refractivity contribution in [1.29, 1.82) is 0 Å². The van der Waals surface area contributed by atoms with Crippen molar-refractivity contribution in [2.75, 3.05) is 7.11 Å². The van der Waals surface area contributed by atoms with Crippen LogP contribution in [0.3, 0.4) is 0 Å². The molecule has 0 aliphatic carbocycles. The minimum absolute atomic E-state index is 0.00472. The molecule has 0 radical (unpaired) electrons. The van der Waals surface area contributed by atoms with Gasteiger partial charge in [0.05, 0.1) is 18.2 Å². The fourth-order valence-corrected chi connectivity index (χ4v) is 4.81. The molecule has 6 aromatic rings. The molecule has 0 unspecified atom stereocenters. The largest absolute Gasteiger partial charge is 0.493 e. The fraction of sp³-hybridized carbons (Fsp3) is 0.114. The first-order valence-electron chi connectivity index (χ1n) is 13.7. The molecule has 2 heterocycles. The average Bonchev–Trinajstić information content (AvgIpc) is 3.04. The summed E-state index contributed by atoms with van der Waals surface area (Å²) in [4.78, 5) is 22.1. The van der Waals surface area contributed by atoms with Crippen molar-refractivity contribution in [2.24, 2.45) is 7.05 Å². The van der Waals surface area contributed by atoms with Gasteiger partial charge in [0.15, 0.2) is 23.1 Å². The van der Waals surface area contributed by atoms with Crippen molar-refractivity contribution in [3.05, 3.63) is 143 Å². The van der Waals surface area contributed by atoms with Crippen molar-refractivity contribution >= 4 is 10.9 Å². The topological polar surface area (TPSA) is 75.5 Å². The van der Waals surface area contributed by atoms with Gasteiger partial charge in [-0.3, -0.25) is 14.3 Å². The molecule has 8 heteroatoms. The fourth-order valence-electron chi connectivity index (χ4n) is 4.81. The number of aromatic nitrogens is 3. The molecule has 0 N–H and O–H groups in total. The Kier molecular flexibility index (Phi) is 7.82. The number of ether oxygens (including phenoxy) is 3. The van der Waals surface area contributed by atoms with Gasteiger partial charge in [-0.1, -0.05) is 66.7 Å². The number of halogens is 1. The summed E-state index contributed by atoms with van der Waals surface area (Å²) in [5.41, 5.74) is 3.11. The first-order chi connectivity index (χ1) is 21.0. The van der Waals surface area contributed by atoms with Crippen molar-refractivity contribution in [2.45, 2.75) is 13.0 Å². The van der Waals surface area contributed by atoms with Gasteiger partial charge in [-0.2, -0.15) is 0 Å². The Morgan fingerprint density at radius 3 is 2.26 bits per heavy atom. The van der Waals surface area contributed by atoms with Crippen LogP contribution in [0.25, 0.3) is 22.0 Å². The third-order valence-electron chi connectivity index (χ3n) is 7.16. The Bertz CT molecular complexity index is 1960. The molecule has 214 valence electrons. The number of benzene rings is 4. The minimum atomic E-state index is -0.618. The lowest BCUT2D eigenvalue weighted by Crippen LogP contribution is -2.23.